The second-order valence-corrected chi connectivity index (χ2v) is 9.96. The highest BCUT2D eigenvalue weighted by molar-refractivity contribution is 7.91. The lowest BCUT2D eigenvalue weighted by atomic mass is 9.92. The van der Waals surface area contributed by atoms with Crippen LogP contribution in [0.1, 0.15) is 30.4 Å². The molecule has 2 aromatic rings. The molecule has 0 aromatic heterocycles. The van der Waals surface area contributed by atoms with Crippen molar-refractivity contribution in [2.45, 2.75) is 36.6 Å². The van der Waals surface area contributed by atoms with Gasteiger partial charge in [-0.2, -0.15) is 0 Å². The maximum absolute atomic E-state index is 12.6. The van der Waals surface area contributed by atoms with E-state index in [2.05, 4.69) is 41.5 Å². The predicted octanol–water partition coefficient (Wildman–Crippen LogP) is 4.00. The molecule has 28 heavy (non-hydrogen) atoms. The van der Waals surface area contributed by atoms with E-state index in [1.807, 2.05) is 6.07 Å². The van der Waals surface area contributed by atoms with Crippen LogP contribution in [0, 0.1) is 0 Å². The van der Waals surface area contributed by atoms with Crippen molar-refractivity contribution in [3.63, 3.8) is 0 Å². The van der Waals surface area contributed by atoms with Crippen molar-refractivity contribution < 1.29 is 8.42 Å². The molecule has 4 nitrogen and oxygen atoms in total. The van der Waals surface area contributed by atoms with Crippen molar-refractivity contribution in [1.82, 2.24) is 4.90 Å². The van der Waals surface area contributed by atoms with Gasteiger partial charge < -0.3 is 10.2 Å². The SMILES string of the molecule is CN1CCC[C@@H]1CC1=CCNc2ccc(CCS(=O)(=O)c3ccccc3)cc21. The van der Waals surface area contributed by atoms with E-state index in [4.69, 9.17) is 0 Å². The third kappa shape index (κ3) is 4.15. The number of sulfone groups is 1. The van der Waals surface area contributed by atoms with Crippen molar-refractivity contribution in [3.8, 4) is 0 Å². The van der Waals surface area contributed by atoms with Crippen LogP contribution in [0.3, 0.4) is 0 Å². The standard InChI is InChI=1S/C23H28N2O2S/c1-25-14-5-6-20(25)17-19-11-13-24-23-10-9-18(16-22(19)23)12-15-28(26,27)21-7-3-2-4-8-21/h2-4,7-11,16,20,24H,5-6,12-15,17H2,1H3/t20-/m1/s1. The Kier molecular flexibility index (Phi) is 5.56. The van der Waals surface area contributed by atoms with Gasteiger partial charge in [-0.3, -0.25) is 0 Å². The van der Waals surface area contributed by atoms with Gasteiger partial charge in [-0.1, -0.05) is 30.3 Å². The predicted molar refractivity (Wildman–Crippen MR) is 115 cm³/mol. The van der Waals surface area contributed by atoms with Crippen LogP contribution in [-0.2, 0) is 16.3 Å². The van der Waals surface area contributed by atoms with E-state index < -0.39 is 9.84 Å². The van der Waals surface area contributed by atoms with Crippen LogP contribution < -0.4 is 5.32 Å². The Morgan fingerprint density at radius 2 is 1.96 bits per heavy atom. The van der Waals surface area contributed by atoms with Crippen LogP contribution in [0.15, 0.2) is 59.5 Å². The molecule has 1 atom stereocenters. The quantitative estimate of drug-likeness (QED) is 0.802. The van der Waals surface area contributed by atoms with Gasteiger partial charge in [0.1, 0.15) is 0 Å². The zero-order chi connectivity index (χ0) is 19.6. The van der Waals surface area contributed by atoms with Crippen LogP contribution >= 0.6 is 0 Å². The molecule has 2 heterocycles. The minimum absolute atomic E-state index is 0.133. The molecule has 0 saturated carbocycles. The molecule has 0 bridgehead atoms. The second kappa shape index (κ2) is 8.10. The highest BCUT2D eigenvalue weighted by atomic mass is 32.2. The van der Waals surface area contributed by atoms with Crippen LogP contribution in [0.2, 0.25) is 0 Å². The van der Waals surface area contributed by atoms with Crippen molar-refractivity contribution >= 4 is 21.1 Å². The van der Waals surface area contributed by atoms with Crippen molar-refractivity contribution in [1.29, 1.82) is 0 Å². The minimum Gasteiger partial charge on any atom is -0.381 e. The number of rotatable bonds is 6. The van der Waals surface area contributed by atoms with Gasteiger partial charge in [0.15, 0.2) is 9.84 Å². The number of nitrogens with one attached hydrogen (secondary N) is 1. The summed E-state index contributed by atoms with van der Waals surface area (Å²) in [5.41, 5.74) is 4.86. The molecule has 1 fully saturated rings. The Bertz CT molecular complexity index is 967. The number of anilines is 1. The van der Waals surface area contributed by atoms with E-state index in [0.29, 0.717) is 17.4 Å². The average Bonchev–Trinajstić information content (AvgIpc) is 3.12. The Morgan fingerprint density at radius 1 is 1.14 bits per heavy atom. The van der Waals surface area contributed by atoms with Crippen LogP contribution in [0.25, 0.3) is 5.57 Å². The number of fused-ring (bicyclic) bond motifs is 1. The summed E-state index contributed by atoms with van der Waals surface area (Å²) in [7, 11) is -1.04. The molecule has 148 valence electrons. The largest absolute Gasteiger partial charge is 0.381 e. The van der Waals surface area contributed by atoms with Crippen LogP contribution in [0.5, 0.6) is 0 Å². The van der Waals surface area contributed by atoms with E-state index in [0.717, 1.165) is 24.2 Å². The van der Waals surface area contributed by atoms with E-state index in [-0.39, 0.29) is 5.75 Å². The van der Waals surface area contributed by atoms with Gasteiger partial charge in [-0.15, -0.1) is 0 Å². The monoisotopic (exact) mass is 396 g/mol. The minimum atomic E-state index is -3.26. The van der Waals surface area contributed by atoms with Gasteiger partial charge in [0.25, 0.3) is 0 Å². The first-order valence-electron chi connectivity index (χ1n) is 10.1. The zero-order valence-corrected chi connectivity index (χ0v) is 17.2. The fraction of sp³-hybridized carbons (Fsp3) is 0.391. The highest BCUT2D eigenvalue weighted by Crippen LogP contribution is 2.34. The molecule has 0 aliphatic carbocycles. The Balaban J connectivity index is 1.50. The Labute approximate surface area is 168 Å². The smallest absolute Gasteiger partial charge is 0.178 e. The lowest BCUT2D eigenvalue weighted by molar-refractivity contribution is 0.315. The molecule has 0 spiro atoms. The zero-order valence-electron chi connectivity index (χ0n) is 16.4. The molecular formula is C23H28N2O2S. The third-order valence-corrected chi connectivity index (χ3v) is 7.69. The molecule has 0 amide bonds. The fourth-order valence-corrected chi connectivity index (χ4v) is 5.56. The van der Waals surface area contributed by atoms with Gasteiger partial charge >= 0.3 is 0 Å². The lowest BCUT2D eigenvalue weighted by Gasteiger charge is -2.25. The lowest BCUT2D eigenvalue weighted by Crippen LogP contribution is -2.25. The third-order valence-electron chi connectivity index (χ3n) is 5.96. The van der Waals surface area contributed by atoms with E-state index in [1.165, 1.54) is 30.5 Å². The first-order chi connectivity index (χ1) is 13.5. The normalized spacial score (nSPS) is 19.8. The maximum Gasteiger partial charge on any atom is 0.178 e. The number of benzene rings is 2. The van der Waals surface area contributed by atoms with Crippen molar-refractivity contribution in [2.75, 3.05) is 31.2 Å². The second-order valence-electron chi connectivity index (χ2n) is 7.85. The molecule has 4 rings (SSSR count). The summed E-state index contributed by atoms with van der Waals surface area (Å²) in [6.45, 7) is 2.04. The number of nitrogens with zero attached hydrogens (tertiary/aromatic N) is 1. The Hall–Kier alpha value is -2.11. The summed E-state index contributed by atoms with van der Waals surface area (Å²) in [4.78, 5) is 2.86. The van der Waals surface area contributed by atoms with Crippen LogP contribution in [0.4, 0.5) is 5.69 Å². The first kappa shape index (κ1) is 19.2. The molecular weight excluding hydrogens is 368 g/mol. The van der Waals surface area contributed by atoms with Gasteiger partial charge in [0, 0.05) is 23.8 Å². The highest BCUT2D eigenvalue weighted by Gasteiger charge is 2.24. The fourth-order valence-electron chi connectivity index (χ4n) is 4.24. The van der Waals surface area contributed by atoms with E-state index in [9.17, 15) is 8.42 Å². The topological polar surface area (TPSA) is 49.4 Å². The number of likely N-dealkylation sites (tertiary alicyclic amines) is 1. The van der Waals surface area contributed by atoms with Crippen molar-refractivity contribution in [2.24, 2.45) is 0 Å². The summed E-state index contributed by atoms with van der Waals surface area (Å²) in [5.74, 6) is 0.133. The van der Waals surface area contributed by atoms with Gasteiger partial charge in [-0.05, 0) is 74.7 Å². The molecule has 1 saturated heterocycles. The molecule has 2 aliphatic heterocycles. The average molecular weight is 397 g/mol. The van der Waals surface area contributed by atoms with Gasteiger partial charge in [0.2, 0.25) is 0 Å². The molecule has 2 aliphatic rings. The van der Waals surface area contributed by atoms with Crippen molar-refractivity contribution in [3.05, 3.63) is 65.7 Å². The number of hydrogen-bond acceptors (Lipinski definition) is 4. The molecule has 0 radical (unpaired) electrons. The molecule has 2 aromatic carbocycles. The molecule has 5 heteroatoms. The van der Waals surface area contributed by atoms with E-state index >= 15 is 0 Å². The Morgan fingerprint density at radius 3 is 2.71 bits per heavy atom. The summed E-state index contributed by atoms with van der Waals surface area (Å²) in [6, 6.07) is 15.7. The summed E-state index contributed by atoms with van der Waals surface area (Å²) >= 11 is 0. The number of aryl methyl sites for hydroxylation is 1. The van der Waals surface area contributed by atoms with E-state index in [1.54, 1.807) is 24.3 Å². The maximum atomic E-state index is 12.6. The molecule has 0 unspecified atom stereocenters. The van der Waals surface area contributed by atoms with Crippen LogP contribution in [-0.4, -0.2) is 45.2 Å². The van der Waals surface area contributed by atoms with Gasteiger partial charge in [0.05, 0.1) is 10.6 Å². The summed E-state index contributed by atoms with van der Waals surface area (Å²) in [5, 5.41) is 3.45. The van der Waals surface area contributed by atoms with Gasteiger partial charge in [-0.25, -0.2) is 8.42 Å². The summed E-state index contributed by atoms with van der Waals surface area (Å²) < 4.78 is 25.2. The number of hydrogen-bond donors (Lipinski definition) is 1. The first-order valence-corrected chi connectivity index (χ1v) is 11.7. The summed E-state index contributed by atoms with van der Waals surface area (Å²) in [6.07, 6.45) is 6.42. The molecule has 1 N–H and O–H groups in total.